The summed E-state index contributed by atoms with van der Waals surface area (Å²) in [6, 6.07) is 1.96. The fourth-order valence-corrected chi connectivity index (χ4v) is 2.73. The molecule has 6 nitrogen and oxygen atoms in total. The van der Waals surface area contributed by atoms with Crippen molar-refractivity contribution in [2.75, 3.05) is 13.1 Å². The smallest absolute Gasteiger partial charge is 0.407 e. The lowest BCUT2D eigenvalue weighted by Gasteiger charge is -2.31. The molecule has 0 aromatic carbocycles. The molecule has 2 aromatic heterocycles. The van der Waals surface area contributed by atoms with Crippen LogP contribution in [0.3, 0.4) is 0 Å². The third-order valence-electron chi connectivity index (χ3n) is 3.61. The highest BCUT2D eigenvalue weighted by molar-refractivity contribution is 6.30. The third-order valence-corrected chi connectivity index (χ3v) is 3.83. The Labute approximate surface area is 121 Å². The van der Waals surface area contributed by atoms with E-state index in [1.807, 2.05) is 16.8 Å². The molecule has 1 fully saturated rings. The summed E-state index contributed by atoms with van der Waals surface area (Å²) in [5.41, 5.74) is 1.67. The molecule has 1 aliphatic rings. The lowest BCUT2D eigenvalue weighted by atomic mass is 10.1. The number of halogens is 1. The van der Waals surface area contributed by atoms with Crippen molar-refractivity contribution in [1.82, 2.24) is 19.4 Å². The lowest BCUT2D eigenvalue weighted by molar-refractivity contribution is 0.121. The number of hydrogen-bond acceptors (Lipinski definition) is 2. The second-order valence-corrected chi connectivity index (χ2v) is 5.40. The van der Waals surface area contributed by atoms with Gasteiger partial charge < -0.3 is 19.6 Å². The summed E-state index contributed by atoms with van der Waals surface area (Å²) >= 11 is 5.88. The van der Waals surface area contributed by atoms with Crippen LogP contribution in [-0.2, 0) is 0 Å². The summed E-state index contributed by atoms with van der Waals surface area (Å²) in [4.78, 5) is 19.9. The summed E-state index contributed by atoms with van der Waals surface area (Å²) < 4.78 is 1.99. The van der Waals surface area contributed by atoms with Gasteiger partial charge in [-0.2, -0.15) is 0 Å². The molecule has 0 saturated carbocycles. The number of carboxylic acid groups (broad SMARTS) is 1. The molecule has 1 saturated heterocycles. The van der Waals surface area contributed by atoms with Gasteiger partial charge in [-0.05, 0) is 18.9 Å². The van der Waals surface area contributed by atoms with E-state index in [0.717, 1.165) is 24.2 Å². The number of imidazole rings is 1. The number of hydrogen-bond donors (Lipinski definition) is 2. The number of piperidine rings is 1. The number of nitrogens with one attached hydrogen (secondary N) is 1. The number of aromatic nitrogens is 3. The molecule has 1 amide bonds. The molecule has 0 aliphatic carbocycles. The van der Waals surface area contributed by atoms with E-state index in [2.05, 4.69) is 9.97 Å². The normalized spacial score (nSPS) is 19.2. The number of carbonyl (C=O) groups is 1. The highest BCUT2D eigenvalue weighted by Gasteiger charge is 2.24. The topological polar surface area (TPSA) is 74.2 Å². The molecule has 0 bridgehead atoms. The molecule has 7 heteroatoms. The van der Waals surface area contributed by atoms with Gasteiger partial charge in [-0.15, -0.1) is 0 Å². The van der Waals surface area contributed by atoms with E-state index in [-0.39, 0.29) is 6.04 Å². The van der Waals surface area contributed by atoms with Gasteiger partial charge in [-0.25, -0.2) is 9.78 Å². The van der Waals surface area contributed by atoms with Crippen molar-refractivity contribution in [3.8, 4) is 11.4 Å². The van der Waals surface area contributed by atoms with E-state index in [0.29, 0.717) is 18.1 Å². The maximum Gasteiger partial charge on any atom is 0.407 e. The molecule has 2 aromatic rings. The van der Waals surface area contributed by atoms with Crippen LogP contribution in [0.1, 0.15) is 18.9 Å². The predicted molar refractivity (Wildman–Crippen MR) is 74.9 cm³/mol. The zero-order valence-corrected chi connectivity index (χ0v) is 11.5. The first-order valence-corrected chi connectivity index (χ1v) is 6.87. The van der Waals surface area contributed by atoms with Gasteiger partial charge in [0.25, 0.3) is 0 Å². The van der Waals surface area contributed by atoms with Crippen LogP contribution in [-0.4, -0.2) is 43.7 Å². The van der Waals surface area contributed by atoms with Gasteiger partial charge in [0.05, 0.1) is 23.1 Å². The highest BCUT2D eigenvalue weighted by Crippen LogP contribution is 2.25. The molecular formula is C13H15ClN4O2. The molecule has 0 radical (unpaired) electrons. The minimum Gasteiger partial charge on any atom is -0.465 e. The van der Waals surface area contributed by atoms with Crippen LogP contribution in [0.5, 0.6) is 0 Å². The number of aromatic amines is 1. The van der Waals surface area contributed by atoms with Crippen molar-refractivity contribution in [1.29, 1.82) is 0 Å². The van der Waals surface area contributed by atoms with Gasteiger partial charge in [0.2, 0.25) is 0 Å². The van der Waals surface area contributed by atoms with Gasteiger partial charge in [-0.3, -0.25) is 0 Å². The first kappa shape index (κ1) is 13.1. The predicted octanol–water partition coefficient (Wildman–Crippen LogP) is 2.85. The number of rotatable bonds is 2. The zero-order chi connectivity index (χ0) is 14.1. The monoisotopic (exact) mass is 294 g/mol. The van der Waals surface area contributed by atoms with Crippen LogP contribution < -0.4 is 0 Å². The van der Waals surface area contributed by atoms with E-state index in [1.165, 1.54) is 4.90 Å². The highest BCUT2D eigenvalue weighted by atomic mass is 35.5. The van der Waals surface area contributed by atoms with Crippen molar-refractivity contribution < 1.29 is 9.90 Å². The second kappa shape index (κ2) is 5.20. The Hall–Kier alpha value is -1.95. The summed E-state index contributed by atoms with van der Waals surface area (Å²) in [5.74, 6) is 0. The summed E-state index contributed by atoms with van der Waals surface area (Å²) in [7, 11) is 0. The Balaban J connectivity index is 1.78. The molecule has 3 rings (SSSR count). The quantitative estimate of drug-likeness (QED) is 0.894. The van der Waals surface area contributed by atoms with E-state index in [4.69, 9.17) is 16.7 Å². The van der Waals surface area contributed by atoms with Crippen LogP contribution in [0, 0.1) is 0 Å². The van der Waals surface area contributed by atoms with Crippen molar-refractivity contribution in [3.63, 3.8) is 0 Å². The molecule has 0 unspecified atom stereocenters. The molecule has 106 valence electrons. The number of likely N-dealkylation sites (tertiary alicyclic amines) is 1. The Morgan fingerprint density at radius 1 is 1.55 bits per heavy atom. The van der Waals surface area contributed by atoms with Crippen molar-refractivity contribution in [2.45, 2.75) is 18.9 Å². The zero-order valence-electron chi connectivity index (χ0n) is 10.8. The minimum absolute atomic E-state index is 0.145. The largest absolute Gasteiger partial charge is 0.465 e. The average molecular weight is 295 g/mol. The minimum atomic E-state index is -0.855. The molecule has 1 aliphatic heterocycles. The number of H-pyrrole nitrogens is 1. The van der Waals surface area contributed by atoms with E-state index in [9.17, 15) is 4.79 Å². The summed E-state index contributed by atoms with van der Waals surface area (Å²) in [6.45, 7) is 1.12. The van der Waals surface area contributed by atoms with Crippen molar-refractivity contribution in [3.05, 3.63) is 29.8 Å². The van der Waals surface area contributed by atoms with Gasteiger partial charge in [-0.1, -0.05) is 11.6 Å². The van der Waals surface area contributed by atoms with Crippen LogP contribution in [0.15, 0.2) is 24.8 Å². The van der Waals surface area contributed by atoms with Gasteiger partial charge in [0, 0.05) is 25.5 Å². The van der Waals surface area contributed by atoms with Gasteiger partial charge in [0.15, 0.2) is 0 Å². The molecule has 3 heterocycles. The first-order chi connectivity index (χ1) is 9.63. The SMILES string of the molecule is O=C(O)N1CCC[C@H](n2cnc(-c3cc(Cl)c[nH]3)c2)C1. The standard InChI is InChI=1S/C13H15ClN4O2/c14-9-4-11(15-5-9)12-7-18(8-16-12)10-2-1-3-17(6-10)13(19)20/h4-5,7-8,10,15H,1-3,6H2,(H,19,20)/t10-/m0/s1. The Kier molecular flexibility index (Phi) is 3.40. The Bertz CT molecular complexity index is 621. The first-order valence-electron chi connectivity index (χ1n) is 6.49. The van der Waals surface area contributed by atoms with Crippen LogP contribution in [0.4, 0.5) is 4.79 Å². The Morgan fingerprint density at radius 3 is 3.10 bits per heavy atom. The third kappa shape index (κ3) is 2.51. The molecule has 1 atom stereocenters. The van der Waals surface area contributed by atoms with Crippen LogP contribution in [0.2, 0.25) is 5.02 Å². The number of nitrogens with zero attached hydrogens (tertiary/aromatic N) is 3. The van der Waals surface area contributed by atoms with Crippen molar-refractivity contribution in [2.24, 2.45) is 0 Å². The van der Waals surface area contributed by atoms with E-state index >= 15 is 0 Å². The maximum atomic E-state index is 11.0. The summed E-state index contributed by atoms with van der Waals surface area (Å²) in [6.07, 6.45) is 6.37. The maximum absolute atomic E-state index is 11.0. The molecular weight excluding hydrogens is 280 g/mol. The van der Waals surface area contributed by atoms with Crippen LogP contribution >= 0.6 is 11.6 Å². The molecule has 0 spiro atoms. The van der Waals surface area contributed by atoms with Crippen LogP contribution in [0.25, 0.3) is 11.4 Å². The van der Waals surface area contributed by atoms with Gasteiger partial charge in [0.1, 0.15) is 5.69 Å². The van der Waals surface area contributed by atoms with E-state index < -0.39 is 6.09 Å². The van der Waals surface area contributed by atoms with Crippen molar-refractivity contribution >= 4 is 17.7 Å². The average Bonchev–Trinajstić information content (AvgIpc) is 3.07. The fourth-order valence-electron chi connectivity index (χ4n) is 2.56. The Morgan fingerprint density at radius 2 is 2.40 bits per heavy atom. The van der Waals surface area contributed by atoms with Gasteiger partial charge >= 0.3 is 6.09 Å². The lowest BCUT2D eigenvalue weighted by Crippen LogP contribution is -2.39. The fraction of sp³-hybridized carbons (Fsp3) is 0.385. The molecule has 20 heavy (non-hydrogen) atoms. The molecule has 2 N–H and O–H groups in total. The second-order valence-electron chi connectivity index (χ2n) is 4.96. The summed E-state index contributed by atoms with van der Waals surface area (Å²) in [5, 5.41) is 9.71. The number of amides is 1. The van der Waals surface area contributed by atoms with E-state index in [1.54, 1.807) is 12.5 Å².